The summed E-state index contributed by atoms with van der Waals surface area (Å²) in [7, 11) is 1.94. The molecule has 0 aliphatic heterocycles. The van der Waals surface area contributed by atoms with Gasteiger partial charge in [-0.2, -0.15) is 5.10 Å². The molecule has 1 aromatic heterocycles. The predicted molar refractivity (Wildman–Crippen MR) is 70.6 cm³/mol. The van der Waals surface area contributed by atoms with Crippen molar-refractivity contribution in [2.75, 3.05) is 5.73 Å². The molecule has 1 heterocycles. The maximum Gasteiger partial charge on any atom is 0.102 e. The first-order valence-corrected chi connectivity index (χ1v) is 5.54. The number of aryl methyl sites for hydroxylation is 1. The van der Waals surface area contributed by atoms with Gasteiger partial charge >= 0.3 is 0 Å². The van der Waals surface area contributed by atoms with E-state index in [0.717, 1.165) is 27.8 Å². The van der Waals surface area contributed by atoms with Gasteiger partial charge in [0.05, 0.1) is 10.9 Å². The summed E-state index contributed by atoms with van der Waals surface area (Å²) in [6, 6.07) is 16.0. The summed E-state index contributed by atoms with van der Waals surface area (Å²) in [6.45, 7) is 0. The highest BCUT2D eigenvalue weighted by Gasteiger charge is 2.12. The number of hydrogen-bond acceptors (Lipinski definition) is 2. The molecule has 0 amide bonds. The third-order valence-corrected chi connectivity index (χ3v) is 2.96. The van der Waals surface area contributed by atoms with Crippen LogP contribution in [-0.2, 0) is 7.05 Å². The fraction of sp³-hybridized carbons (Fsp3) is 0.0714. The molecule has 0 spiro atoms. The Labute approximate surface area is 99.5 Å². The first-order valence-electron chi connectivity index (χ1n) is 5.54. The Morgan fingerprint density at radius 3 is 2.53 bits per heavy atom. The van der Waals surface area contributed by atoms with Crippen LogP contribution in [-0.4, -0.2) is 9.78 Å². The Hall–Kier alpha value is -2.29. The predicted octanol–water partition coefficient (Wildman–Crippen LogP) is 2.82. The van der Waals surface area contributed by atoms with Crippen molar-refractivity contribution in [1.82, 2.24) is 9.78 Å². The van der Waals surface area contributed by atoms with Crippen molar-refractivity contribution in [2.45, 2.75) is 0 Å². The number of benzene rings is 2. The zero-order chi connectivity index (χ0) is 11.8. The summed E-state index contributed by atoms with van der Waals surface area (Å²) in [6.07, 6.45) is 0. The van der Waals surface area contributed by atoms with Gasteiger partial charge in [0.25, 0.3) is 0 Å². The van der Waals surface area contributed by atoms with E-state index in [-0.39, 0.29) is 0 Å². The zero-order valence-corrected chi connectivity index (χ0v) is 9.59. The van der Waals surface area contributed by atoms with Crippen molar-refractivity contribution in [3.8, 4) is 11.3 Å². The molecule has 3 heteroatoms. The molecule has 0 fully saturated rings. The highest BCUT2D eigenvalue weighted by atomic mass is 15.3. The highest BCUT2D eigenvalue weighted by molar-refractivity contribution is 6.01. The van der Waals surface area contributed by atoms with Crippen molar-refractivity contribution in [3.63, 3.8) is 0 Å². The second kappa shape index (κ2) is 3.63. The van der Waals surface area contributed by atoms with Gasteiger partial charge in [-0.15, -0.1) is 0 Å². The molecule has 0 aliphatic carbocycles. The lowest BCUT2D eigenvalue weighted by atomic mass is 10.1. The third kappa shape index (κ3) is 1.47. The average Bonchev–Trinajstić information content (AvgIpc) is 2.70. The van der Waals surface area contributed by atoms with Crippen LogP contribution in [0.25, 0.3) is 22.2 Å². The average molecular weight is 223 g/mol. The number of rotatable bonds is 1. The molecule has 3 nitrogen and oxygen atoms in total. The quantitative estimate of drug-likeness (QED) is 0.645. The third-order valence-electron chi connectivity index (χ3n) is 2.96. The van der Waals surface area contributed by atoms with Crippen LogP contribution in [0, 0.1) is 0 Å². The van der Waals surface area contributed by atoms with Crippen molar-refractivity contribution in [1.29, 1.82) is 0 Å². The minimum atomic E-state index is 0.773. The number of anilines is 1. The van der Waals surface area contributed by atoms with Crippen molar-refractivity contribution >= 4 is 16.6 Å². The summed E-state index contributed by atoms with van der Waals surface area (Å²) in [4.78, 5) is 0. The summed E-state index contributed by atoms with van der Waals surface area (Å²) in [5, 5.41) is 5.59. The lowest BCUT2D eigenvalue weighted by Gasteiger charge is -1.99. The number of nitrogen functional groups attached to an aromatic ring is 1. The first kappa shape index (κ1) is 9.90. The van der Waals surface area contributed by atoms with E-state index in [9.17, 15) is 0 Å². The van der Waals surface area contributed by atoms with Gasteiger partial charge in [-0.25, -0.2) is 0 Å². The van der Waals surface area contributed by atoms with E-state index in [4.69, 9.17) is 5.73 Å². The number of nitrogens with two attached hydrogens (primary N) is 1. The van der Waals surface area contributed by atoms with Crippen molar-refractivity contribution < 1.29 is 0 Å². The van der Waals surface area contributed by atoms with Crippen LogP contribution in [0.4, 0.5) is 5.69 Å². The lowest BCUT2D eigenvalue weighted by molar-refractivity contribution is 0.800. The standard InChI is InChI=1S/C14H13N3/c1-17-12-9-5-8-11(15)13(12)14(16-17)10-6-3-2-4-7-10/h2-9H,15H2,1H3. The smallest absolute Gasteiger partial charge is 0.102 e. The number of nitrogens with zero attached hydrogens (tertiary/aromatic N) is 2. The maximum atomic E-state index is 6.05. The van der Waals surface area contributed by atoms with Crippen LogP contribution in [0.3, 0.4) is 0 Å². The van der Waals surface area contributed by atoms with Crippen LogP contribution in [0.5, 0.6) is 0 Å². The molecule has 2 N–H and O–H groups in total. The molecule has 3 aromatic rings. The Bertz CT molecular complexity index is 669. The molecule has 17 heavy (non-hydrogen) atoms. The highest BCUT2D eigenvalue weighted by Crippen LogP contribution is 2.31. The van der Waals surface area contributed by atoms with Gasteiger partial charge in [0.1, 0.15) is 5.69 Å². The van der Waals surface area contributed by atoms with Gasteiger partial charge in [-0.1, -0.05) is 36.4 Å². The summed E-state index contributed by atoms with van der Waals surface area (Å²) < 4.78 is 1.87. The molecule has 0 saturated heterocycles. The Balaban J connectivity index is 2.38. The normalized spacial score (nSPS) is 10.9. The van der Waals surface area contributed by atoms with E-state index < -0.39 is 0 Å². The molecule has 2 aromatic carbocycles. The summed E-state index contributed by atoms with van der Waals surface area (Å²) >= 11 is 0. The van der Waals surface area contributed by atoms with Crippen molar-refractivity contribution in [2.24, 2.45) is 7.05 Å². The number of fused-ring (bicyclic) bond motifs is 1. The second-order valence-corrected chi connectivity index (χ2v) is 4.08. The molecule has 0 unspecified atom stereocenters. The summed E-state index contributed by atoms with van der Waals surface area (Å²) in [5.41, 5.74) is 9.93. The largest absolute Gasteiger partial charge is 0.398 e. The zero-order valence-electron chi connectivity index (χ0n) is 9.59. The van der Waals surface area contributed by atoms with E-state index in [2.05, 4.69) is 5.10 Å². The SMILES string of the molecule is Cn1nc(-c2ccccc2)c2c(N)cccc21. The van der Waals surface area contributed by atoms with Crippen LogP contribution in [0.1, 0.15) is 0 Å². The molecule has 0 saturated carbocycles. The second-order valence-electron chi connectivity index (χ2n) is 4.08. The fourth-order valence-electron chi connectivity index (χ4n) is 2.14. The number of hydrogen-bond donors (Lipinski definition) is 1. The van der Waals surface area contributed by atoms with Gasteiger partial charge in [0.2, 0.25) is 0 Å². The van der Waals surface area contributed by atoms with Crippen LogP contribution >= 0.6 is 0 Å². The van der Waals surface area contributed by atoms with E-state index >= 15 is 0 Å². The molecule has 0 atom stereocenters. The van der Waals surface area contributed by atoms with Gasteiger partial charge < -0.3 is 5.73 Å². The molecular weight excluding hydrogens is 210 g/mol. The Morgan fingerprint density at radius 2 is 1.76 bits per heavy atom. The molecule has 0 radical (unpaired) electrons. The first-order chi connectivity index (χ1) is 8.27. The Morgan fingerprint density at radius 1 is 1.00 bits per heavy atom. The van der Waals surface area contributed by atoms with Crippen molar-refractivity contribution in [3.05, 3.63) is 48.5 Å². The van der Waals surface area contributed by atoms with Gasteiger partial charge in [-0.05, 0) is 12.1 Å². The molecule has 0 bridgehead atoms. The lowest BCUT2D eigenvalue weighted by Crippen LogP contribution is -1.89. The van der Waals surface area contributed by atoms with Gasteiger partial charge in [0, 0.05) is 18.3 Å². The van der Waals surface area contributed by atoms with E-state index in [1.165, 1.54) is 0 Å². The van der Waals surface area contributed by atoms with Gasteiger partial charge in [0.15, 0.2) is 0 Å². The fourth-order valence-corrected chi connectivity index (χ4v) is 2.14. The minimum absolute atomic E-state index is 0.773. The number of aromatic nitrogens is 2. The van der Waals surface area contributed by atoms with Crippen LogP contribution < -0.4 is 5.73 Å². The van der Waals surface area contributed by atoms with Gasteiger partial charge in [-0.3, -0.25) is 4.68 Å². The van der Waals surface area contributed by atoms with E-state index in [1.54, 1.807) is 0 Å². The molecule has 0 aliphatic rings. The summed E-state index contributed by atoms with van der Waals surface area (Å²) in [5.74, 6) is 0. The topological polar surface area (TPSA) is 43.8 Å². The van der Waals surface area contributed by atoms with Crippen LogP contribution in [0.15, 0.2) is 48.5 Å². The molecule has 3 rings (SSSR count). The minimum Gasteiger partial charge on any atom is -0.398 e. The van der Waals surface area contributed by atoms with E-state index in [0.29, 0.717) is 0 Å². The molecular formula is C14H13N3. The Kier molecular flexibility index (Phi) is 2.11. The maximum absolute atomic E-state index is 6.05. The monoisotopic (exact) mass is 223 g/mol. The van der Waals surface area contributed by atoms with Crippen LogP contribution in [0.2, 0.25) is 0 Å². The van der Waals surface area contributed by atoms with E-state index in [1.807, 2.05) is 60.3 Å². The molecule has 84 valence electrons.